The first-order valence-corrected chi connectivity index (χ1v) is 5.86. The molecule has 0 aliphatic rings. The standard InChI is InChI=1S/C13H15N3O3/c14-11-4-1-2-5-12(11)19-10-13(17)18-9-8-16-7-3-6-15-16/h1-7H,8-10,14H2. The molecule has 0 bridgehead atoms. The lowest BCUT2D eigenvalue weighted by atomic mass is 10.3. The summed E-state index contributed by atoms with van der Waals surface area (Å²) in [5, 5.41) is 4.00. The number of ether oxygens (including phenoxy) is 2. The van der Waals surface area contributed by atoms with Crippen molar-refractivity contribution in [1.29, 1.82) is 0 Å². The van der Waals surface area contributed by atoms with Gasteiger partial charge in [0.2, 0.25) is 0 Å². The maximum absolute atomic E-state index is 11.4. The minimum absolute atomic E-state index is 0.159. The van der Waals surface area contributed by atoms with Gasteiger partial charge in [0.25, 0.3) is 0 Å². The van der Waals surface area contributed by atoms with Crippen molar-refractivity contribution in [3.8, 4) is 5.75 Å². The molecule has 100 valence electrons. The van der Waals surface area contributed by atoms with E-state index in [0.717, 1.165) is 0 Å². The Kier molecular flexibility index (Phi) is 4.39. The highest BCUT2D eigenvalue weighted by molar-refractivity contribution is 5.71. The van der Waals surface area contributed by atoms with Crippen LogP contribution in [-0.4, -0.2) is 29.0 Å². The van der Waals surface area contributed by atoms with Crippen LogP contribution in [0.1, 0.15) is 0 Å². The molecule has 0 radical (unpaired) electrons. The van der Waals surface area contributed by atoms with Gasteiger partial charge in [-0.2, -0.15) is 5.10 Å². The van der Waals surface area contributed by atoms with Crippen molar-refractivity contribution in [3.63, 3.8) is 0 Å². The number of carbonyl (C=O) groups excluding carboxylic acids is 1. The minimum Gasteiger partial charge on any atom is -0.480 e. The molecule has 0 aliphatic carbocycles. The predicted molar refractivity (Wildman–Crippen MR) is 69.5 cm³/mol. The number of carbonyl (C=O) groups is 1. The van der Waals surface area contributed by atoms with E-state index >= 15 is 0 Å². The van der Waals surface area contributed by atoms with Gasteiger partial charge in [-0.1, -0.05) is 12.1 Å². The van der Waals surface area contributed by atoms with Crippen LogP contribution in [-0.2, 0) is 16.1 Å². The number of nitrogens with zero attached hydrogens (tertiary/aromatic N) is 2. The number of hydrogen-bond acceptors (Lipinski definition) is 5. The molecule has 0 spiro atoms. The first-order valence-electron chi connectivity index (χ1n) is 5.86. The maximum atomic E-state index is 11.4. The van der Waals surface area contributed by atoms with Crippen LogP contribution in [0.5, 0.6) is 5.75 Å². The summed E-state index contributed by atoms with van der Waals surface area (Å²) < 4.78 is 12.0. The third-order valence-corrected chi connectivity index (χ3v) is 2.41. The monoisotopic (exact) mass is 261 g/mol. The second-order valence-electron chi connectivity index (χ2n) is 3.82. The number of aromatic nitrogens is 2. The number of para-hydroxylation sites is 2. The van der Waals surface area contributed by atoms with Gasteiger partial charge in [-0.25, -0.2) is 4.79 Å². The highest BCUT2D eigenvalue weighted by Crippen LogP contribution is 2.19. The molecule has 2 aromatic rings. The fraction of sp³-hybridized carbons (Fsp3) is 0.231. The Balaban J connectivity index is 1.69. The van der Waals surface area contributed by atoms with Gasteiger partial charge < -0.3 is 15.2 Å². The third kappa shape index (κ3) is 4.02. The Morgan fingerprint density at radius 2 is 2.16 bits per heavy atom. The summed E-state index contributed by atoms with van der Waals surface area (Å²) >= 11 is 0. The molecule has 0 saturated heterocycles. The first kappa shape index (κ1) is 12.9. The number of rotatable bonds is 6. The Morgan fingerprint density at radius 3 is 2.89 bits per heavy atom. The molecule has 1 heterocycles. The number of benzene rings is 1. The van der Waals surface area contributed by atoms with Gasteiger partial charge in [0, 0.05) is 12.4 Å². The topological polar surface area (TPSA) is 79.4 Å². The van der Waals surface area contributed by atoms with Crippen molar-refractivity contribution in [2.75, 3.05) is 18.9 Å². The van der Waals surface area contributed by atoms with E-state index < -0.39 is 5.97 Å². The average molecular weight is 261 g/mol. The number of hydrogen-bond donors (Lipinski definition) is 1. The van der Waals surface area contributed by atoms with Gasteiger partial charge in [0.15, 0.2) is 6.61 Å². The molecular weight excluding hydrogens is 246 g/mol. The van der Waals surface area contributed by atoms with Crippen molar-refractivity contribution in [1.82, 2.24) is 9.78 Å². The van der Waals surface area contributed by atoms with E-state index in [-0.39, 0.29) is 13.2 Å². The van der Waals surface area contributed by atoms with Crippen molar-refractivity contribution in [2.24, 2.45) is 0 Å². The fourth-order valence-corrected chi connectivity index (χ4v) is 1.48. The quantitative estimate of drug-likeness (QED) is 0.622. The number of anilines is 1. The normalized spacial score (nSPS) is 10.1. The lowest BCUT2D eigenvalue weighted by Gasteiger charge is -2.08. The molecule has 2 N–H and O–H groups in total. The number of esters is 1. The fourth-order valence-electron chi connectivity index (χ4n) is 1.48. The molecule has 19 heavy (non-hydrogen) atoms. The first-order chi connectivity index (χ1) is 9.25. The van der Waals surface area contributed by atoms with E-state index in [1.165, 1.54) is 0 Å². The molecule has 6 heteroatoms. The zero-order chi connectivity index (χ0) is 13.5. The van der Waals surface area contributed by atoms with Gasteiger partial charge in [-0.15, -0.1) is 0 Å². The van der Waals surface area contributed by atoms with Crippen molar-refractivity contribution >= 4 is 11.7 Å². The van der Waals surface area contributed by atoms with E-state index in [2.05, 4.69) is 5.10 Å². The summed E-state index contributed by atoms with van der Waals surface area (Å²) in [6.07, 6.45) is 3.47. The Bertz CT molecular complexity index is 526. The highest BCUT2D eigenvalue weighted by Gasteiger charge is 2.06. The summed E-state index contributed by atoms with van der Waals surface area (Å²) in [6, 6.07) is 8.80. The summed E-state index contributed by atoms with van der Waals surface area (Å²) in [6.45, 7) is 0.619. The second-order valence-corrected chi connectivity index (χ2v) is 3.82. The Morgan fingerprint density at radius 1 is 1.32 bits per heavy atom. The molecule has 0 unspecified atom stereocenters. The summed E-state index contributed by atoms with van der Waals surface area (Å²) in [5.74, 6) is 0.0435. The maximum Gasteiger partial charge on any atom is 0.344 e. The zero-order valence-electron chi connectivity index (χ0n) is 10.4. The van der Waals surface area contributed by atoms with Crippen LogP contribution >= 0.6 is 0 Å². The van der Waals surface area contributed by atoms with E-state index in [1.54, 1.807) is 41.3 Å². The van der Waals surface area contributed by atoms with E-state index in [0.29, 0.717) is 18.0 Å². The van der Waals surface area contributed by atoms with E-state index in [1.807, 2.05) is 6.07 Å². The third-order valence-electron chi connectivity index (χ3n) is 2.41. The van der Waals surface area contributed by atoms with Gasteiger partial charge in [0.1, 0.15) is 12.4 Å². The molecule has 0 atom stereocenters. The lowest BCUT2D eigenvalue weighted by Crippen LogP contribution is -2.18. The van der Waals surface area contributed by atoms with Crippen LogP contribution in [0.3, 0.4) is 0 Å². The highest BCUT2D eigenvalue weighted by atomic mass is 16.6. The van der Waals surface area contributed by atoms with Gasteiger partial charge in [-0.05, 0) is 18.2 Å². The molecular formula is C13H15N3O3. The predicted octanol–water partition coefficient (Wildman–Crippen LogP) is 1.09. The van der Waals surface area contributed by atoms with E-state index in [4.69, 9.17) is 15.2 Å². The molecule has 1 aromatic heterocycles. The van der Waals surface area contributed by atoms with Crippen LogP contribution in [0, 0.1) is 0 Å². The van der Waals surface area contributed by atoms with Gasteiger partial charge >= 0.3 is 5.97 Å². The van der Waals surface area contributed by atoms with Crippen molar-refractivity contribution in [2.45, 2.75) is 6.54 Å². The van der Waals surface area contributed by atoms with Crippen LogP contribution in [0.2, 0.25) is 0 Å². The van der Waals surface area contributed by atoms with Gasteiger partial charge in [-0.3, -0.25) is 4.68 Å². The minimum atomic E-state index is -0.435. The summed E-state index contributed by atoms with van der Waals surface area (Å²) in [5.41, 5.74) is 6.17. The Labute approximate surface area is 110 Å². The summed E-state index contributed by atoms with van der Waals surface area (Å²) in [4.78, 5) is 11.4. The van der Waals surface area contributed by atoms with Crippen molar-refractivity contribution in [3.05, 3.63) is 42.7 Å². The van der Waals surface area contributed by atoms with Crippen LogP contribution < -0.4 is 10.5 Å². The number of nitrogen functional groups attached to an aromatic ring is 1. The summed E-state index contributed by atoms with van der Waals surface area (Å²) in [7, 11) is 0. The largest absolute Gasteiger partial charge is 0.480 e. The number of nitrogens with two attached hydrogens (primary N) is 1. The second kappa shape index (κ2) is 6.44. The molecule has 0 saturated carbocycles. The lowest BCUT2D eigenvalue weighted by molar-refractivity contribution is -0.146. The van der Waals surface area contributed by atoms with Crippen molar-refractivity contribution < 1.29 is 14.3 Å². The molecule has 0 fully saturated rings. The van der Waals surface area contributed by atoms with Crippen LogP contribution in [0.25, 0.3) is 0 Å². The smallest absolute Gasteiger partial charge is 0.344 e. The SMILES string of the molecule is Nc1ccccc1OCC(=O)OCCn1cccn1. The zero-order valence-corrected chi connectivity index (χ0v) is 10.4. The molecule has 6 nitrogen and oxygen atoms in total. The van der Waals surface area contributed by atoms with E-state index in [9.17, 15) is 4.79 Å². The molecule has 0 amide bonds. The van der Waals surface area contributed by atoms with Crippen LogP contribution in [0.4, 0.5) is 5.69 Å². The molecule has 0 aliphatic heterocycles. The molecule has 1 aromatic carbocycles. The van der Waals surface area contributed by atoms with Gasteiger partial charge in [0.05, 0.1) is 12.2 Å². The average Bonchev–Trinajstić information content (AvgIpc) is 2.91. The molecule has 2 rings (SSSR count). The Hall–Kier alpha value is -2.50. The van der Waals surface area contributed by atoms with Crippen LogP contribution in [0.15, 0.2) is 42.7 Å².